The second kappa shape index (κ2) is 3.75. The zero-order valence-electron chi connectivity index (χ0n) is 10.6. The molecule has 2 nitrogen and oxygen atoms in total. The molecule has 0 aromatic heterocycles. The van der Waals surface area contributed by atoms with E-state index in [0.717, 1.165) is 17.1 Å². The molecule has 4 rings (SSSR count). The molecular formula is C17H12N2. The average molecular weight is 244 g/mol. The van der Waals surface area contributed by atoms with Crippen LogP contribution in [0.15, 0.2) is 58.5 Å². The van der Waals surface area contributed by atoms with E-state index in [2.05, 4.69) is 47.2 Å². The first-order valence-corrected chi connectivity index (χ1v) is 6.37. The van der Waals surface area contributed by atoms with Crippen LogP contribution in [0.25, 0.3) is 11.1 Å². The highest BCUT2D eigenvalue weighted by atomic mass is 14.8. The molecule has 0 N–H and O–H groups in total. The van der Waals surface area contributed by atoms with Gasteiger partial charge in [-0.05, 0) is 19.1 Å². The molecule has 0 fully saturated rings. The number of nitrogens with zero attached hydrogens (tertiary/aromatic N) is 2. The lowest BCUT2D eigenvalue weighted by Crippen LogP contribution is -1.95. The summed E-state index contributed by atoms with van der Waals surface area (Å²) in [6, 6.07) is 16.5. The number of fused-ring (bicyclic) bond motifs is 2. The van der Waals surface area contributed by atoms with E-state index in [1.165, 1.54) is 22.3 Å². The molecule has 19 heavy (non-hydrogen) atoms. The van der Waals surface area contributed by atoms with E-state index in [-0.39, 0.29) is 0 Å². The summed E-state index contributed by atoms with van der Waals surface area (Å²) >= 11 is 0. The molecule has 0 atom stereocenters. The van der Waals surface area contributed by atoms with Crippen molar-refractivity contribution in [3.63, 3.8) is 0 Å². The first-order chi connectivity index (χ1) is 9.34. The van der Waals surface area contributed by atoms with Crippen molar-refractivity contribution >= 4 is 34.4 Å². The minimum absolute atomic E-state index is 1.04. The van der Waals surface area contributed by atoms with E-state index in [1.807, 2.05) is 24.4 Å². The van der Waals surface area contributed by atoms with E-state index in [0.29, 0.717) is 0 Å². The molecule has 0 unspecified atom stereocenters. The van der Waals surface area contributed by atoms with Gasteiger partial charge in [0.15, 0.2) is 0 Å². The predicted octanol–water partition coefficient (Wildman–Crippen LogP) is 4.42. The fraction of sp³-hybridized carbons (Fsp3) is 0.0588. The van der Waals surface area contributed by atoms with Gasteiger partial charge in [0.25, 0.3) is 0 Å². The second-order valence-corrected chi connectivity index (χ2v) is 4.78. The van der Waals surface area contributed by atoms with Gasteiger partial charge >= 0.3 is 0 Å². The number of aliphatic imine (C=N–C) groups is 2. The normalized spacial score (nSPS) is 19.3. The summed E-state index contributed by atoms with van der Waals surface area (Å²) in [6.45, 7) is 2.07. The lowest BCUT2D eigenvalue weighted by Gasteiger charge is -2.06. The number of hydrogen-bond acceptors (Lipinski definition) is 2. The third kappa shape index (κ3) is 1.43. The molecule has 0 spiro atoms. The van der Waals surface area contributed by atoms with Gasteiger partial charge in [-0.3, -0.25) is 9.98 Å². The molecule has 2 heteroatoms. The standard InChI is InChI=1S/C17H12N2/c1-11-17(13-7-3-5-9-16(13)19-11)14-10-18-15-8-4-2-6-12(14)15/h2-10H,1H3. The minimum atomic E-state index is 1.04. The Hall–Kier alpha value is -2.48. The maximum absolute atomic E-state index is 4.65. The highest BCUT2D eigenvalue weighted by molar-refractivity contribution is 6.42. The van der Waals surface area contributed by atoms with Crippen molar-refractivity contribution in [1.29, 1.82) is 0 Å². The van der Waals surface area contributed by atoms with E-state index < -0.39 is 0 Å². The number of hydrogen-bond donors (Lipinski definition) is 0. The summed E-state index contributed by atoms with van der Waals surface area (Å²) in [6.07, 6.45) is 1.96. The van der Waals surface area contributed by atoms with Gasteiger partial charge in [0.2, 0.25) is 0 Å². The molecule has 2 aliphatic heterocycles. The van der Waals surface area contributed by atoms with Crippen molar-refractivity contribution in [1.82, 2.24) is 0 Å². The molecule has 0 aliphatic carbocycles. The first-order valence-electron chi connectivity index (χ1n) is 6.37. The number of allylic oxidation sites excluding steroid dienone is 2. The molecule has 2 aromatic rings. The zero-order chi connectivity index (χ0) is 12.8. The monoisotopic (exact) mass is 244 g/mol. The summed E-state index contributed by atoms with van der Waals surface area (Å²) in [4.78, 5) is 9.14. The number of rotatable bonds is 0. The molecule has 0 saturated carbocycles. The van der Waals surface area contributed by atoms with E-state index in [9.17, 15) is 0 Å². The van der Waals surface area contributed by atoms with Gasteiger partial charge in [0, 0.05) is 34.2 Å². The Kier molecular flexibility index (Phi) is 2.06. The fourth-order valence-electron chi connectivity index (χ4n) is 2.77. The number of benzene rings is 2. The summed E-state index contributed by atoms with van der Waals surface area (Å²) in [5.41, 5.74) is 7.97. The quantitative estimate of drug-likeness (QED) is 0.655. The molecule has 2 heterocycles. The minimum Gasteiger partial charge on any atom is -0.256 e. The Morgan fingerprint density at radius 2 is 1.47 bits per heavy atom. The topological polar surface area (TPSA) is 24.7 Å². The number of para-hydroxylation sites is 2. The van der Waals surface area contributed by atoms with Crippen molar-refractivity contribution < 1.29 is 0 Å². The Bertz CT molecular complexity index is 779. The van der Waals surface area contributed by atoms with Crippen LogP contribution in [-0.4, -0.2) is 11.9 Å². The van der Waals surface area contributed by atoms with Crippen molar-refractivity contribution in [3.05, 3.63) is 59.7 Å². The lowest BCUT2D eigenvalue weighted by atomic mass is 9.94. The molecule has 2 aromatic carbocycles. The van der Waals surface area contributed by atoms with Crippen LogP contribution >= 0.6 is 0 Å². The highest BCUT2D eigenvalue weighted by Gasteiger charge is 2.24. The third-order valence-corrected chi connectivity index (χ3v) is 3.62. The van der Waals surface area contributed by atoms with Gasteiger partial charge in [-0.25, -0.2) is 0 Å². The van der Waals surface area contributed by atoms with Crippen molar-refractivity contribution in [2.45, 2.75) is 6.92 Å². The molecular weight excluding hydrogens is 232 g/mol. The average Bonchev–Trinajstić information content (AvgIpc) is 2.98. The maximum atomic E-state index is 4.65. The van der Waals surface area contributed by atoms with Gasteiger partial charge in [-0.1, -0.05) is 36.4 Å². The van der Waals surface area contributed by atoms with Crippen molar-refractivity contribution in [3.8, 4) is 0 Å². The van der Waals surface area contributed by atoms with E-state index in [4.69, 9.17) is 0 Å². The molecule has 0 saturated heterocycles. The van der Waals surface area contributed by atoms with Crippen LogP contribution in [0.3, 0.4) is 0 Å². The second-order valence-electron chi connectivity index (χ2n) is 4.78. The van der Waals surface area contributed by atoms with Crippen molar-refractivity contribution in [2.24, 2.45) is 9.98 Å². The van der Waals surface area contributed by atoms with E-state index >= 15 is 0 Å². The van der Waals surface area contributed by atoms with Gasteiger partial charge in [0.05, 0.1) is 11.4 Å². The van der Waals surface area contributed by atoms with E-state index in [1.54, 1.807) is 0 Å². The van der Waals surface area contributed by atoms with Crippen LogP contribution in [0, 0.1) is 0 Å². The summed E-state index contributed by atoms with van der Waals surface area (Å²) in [5.74, 6) is 0. The van der Waals surface area contributed by atoms with Gasteiger partial charge in [0.1, 0.15) is 0 Å². The van der Waals surface area contributed by atoms with Crippen LogP contribution in [0.2, 0.25) is 0 Å². The maximum Gasteiger partial charge on any atom is 0.0712 e. The highest BCUT2D eigenvalue weighted by Crippen LogP contribution is 2.42. The SMILES string of the molecule is CC1=Nc2ccccc2C1=C1C=Nc2ccccc21. The van der Waals surface area contributed by atoms with Crippen LogP contribution in [0.5, 0.6) is 0 Å². The van der Waals surface area contributed by atoms with Crippen LogP contribution in [-0.2, 0) is 0 Å². The van der Waals surface area contributed by atoms with Crippen molar-refractivity contribution in [2.75, 3.05) is 0 Å². The molecule has 0 radical (unpaired) electrons. The van der Waals surface area contributed by atoms with Gasteiger partial charge in [-0.2, -0.15) is 0 Å². The summed E-state index contributed by atoms with van der Waals surface area (Å²) < 4.78 is 0. The predicted molar refractivity (Wildman–Crippen MR) is 80.6 cm³/mol. The Labute approximate surface area is 111 Å². The summed E-state index contributed by atoms with van der Waals surface area (Å²) in [7, 11) is 0. The molecule has 2 aliphatic rings. The van der Waals surface area contributed by atoms with Crippen LogP contribution in [0.4, 0.5) is 11.4 Å². The third-order valence-electron chi connectivity index (χ3n) is 3.62. The molecule has 0 amide bonds. The van der Waals surface area contributed by atoms with Gasteiger partial charge < -0.3 is 0 Å². The van der Waals surface area contributed by atoms with Crippen LogP contribution in [0.1, 0.15) is 18.1 Å². The lowest BCUT2D eigenvalue weighted by molar-refractivity contribution is 1.54. The first kappa shape index (κ1) is 10.4. The summed E-state index contributed by atoms with van der Waals surface area (Å²) in [5, 5.41) is 0. The smallest absolute Gasteiger partial charge is 0.0712 e. The fourth-order valence-corrected chi connectivity index (χ4v) is 2.77. The zero-order valence-corrected chi connectivity index (χ0v) is 10.6. The molecule has 0 bridgehead atoms. The Morgan fingerprint density at radius 3 is 2.32 bits per heavy atom. The largest absolute Gasteiger partial charge is 0.256 e. The van der Waals surface area contributed by atoms with Gasteiger partial charge in [-0.15, -0.1) is 0 Å². The van der Waals surface area contributed by atoms with Crippen LogP contribution < -0.4 is 0 Å². The Balaban J connectivity index is 2.02. The molecule has 90 valence electrons. The Morgan fingerprint density at radius 1 is 0.789 bits per heavy atom.